The van der Waals surface area contributed by atoms with Crippen LogP contribution in [0.25, 0.3) is 0 Å². The van der Waals surface area contributed by atoms with E-state index in [1.54, 1.807) is 13.2 Å². The molecule has 5 nitrogen and oxygen atoms in total. The second kappa shape index (κ2) is 7.60. The van der Waals surface area contributed by atoms with Crippen LogP contribution >= 0.6 is 27.5 Å². The molecule has 0 aliphatic heterocycles. The van der Waals surface area contributed by atoms with Crippen molar-refractivity contribution in [2.75, 3.05) is 32.2 Å². The van der Waals surface area contributed by atoms with Crippen LogP contribution in [-0.2, 0) is 14.3 Å². The number of methoxy groups -OCH3 is 1. The molecule has 0 spiro atoms. The van der Waals surface area contributed by atoms with Gasteiger partial charge in [0.25, 0.3) is 0 Å². The first kappa shape index (κ1) is 14.4. The van der Waals surface area contributed by atoms with Gasteiger partial charge in [-0.05, 0) is 22.0 Å². The van der Waals surface area contributed by atoms with Crippen molar-refractivity contribution >= 4 is 39.1 Å². The fourth-order valence-corrected chi connectivity index (χ4v) is 1.45. The molecule has 0 fully saturated rings. The van der Waals surface area contributed by atoms with Crippen molar-refractivity contribution < 1.29 is 14.3 Å². The Bertz CT molecular complexity index is 390. The predicted octanol–water partition coefficient (Wildman–Crippen LogP) is 2.10. The number of carbonyl (C=O) groups excluding carboxylic acids is 1. The summed E-state index contributed by atoms with van der Waals surface area (Å²) in [6.07, 6.45) is 1.47. The third kappa shape index (κ3) is 5.45. The summed E-state index contributed by atoms with van der Waals surface area (Å²) in [6, 6.07) is 1.67. The molecule has 1 aromatic rings. The standard InChI is InChI=1S/C10H12BrClN2O3/c1-16-2-3-17-6-9(15)14-7-4-8(11)10(12)13-5-7/h4-5H,2-3,6H2,1H3,(H,14,15). The Morgan fingerprint density at radius 1 is 1.59 bits per heavy atom. The Kier molecular flexibility index (Phi) is 6.43. The van der Waals surface area contributed by atoms with Crippen LogP contribution in [0.5, 0.6) is 0 Å². The lowest BCUT2D eigenvalue weighted by atomic mass is 10.4. The highest BCUT2D eigenvalue weighted by Gasteiger charge is 2.05. The number of carbonyl (C=O) groups is 1. The SMILES string of the molecule is COCCOCC(=O)Nc1cnc(Cl)c(Br)c1. The molecule has 0 aliphatic carbocycles. The maximum Gasteiger partial charge on any atom is 0.250 e. The van der Waals surface area contributed by atoms with Crippen molar-refractivity contribution in [3.63, 3.8) is 0 Å². The summed E-state index contributed by atoms with van der Waals surface area (Å²) >= 11 is 8.94. The molecule has 0 atom stereocenters. The number of anilines is 1. The molecule has 1 amide bonds. The van der Waals surface area contributed by atoms with Crippen molar-refractivity contribution in [1.82, 2.24) is 4.98 Å². The van der Waals surface area contributed by atoms with E-state index in [0.29, 0.717) is 28.5 Å². The summed E-state index contributed by atoms with van der Waals surface area (Å²) in [5.74, 6) is -0.253. The van der Waals surface area contributed by atoms with Crippen molar-refractivity contribution in [2.45, 2.75) is 0 Å². The molecule has 0 unspecified atom stereocenters. The van der Waals surface area contributed by atoms with E-state index < -0.39 is 0 Å². The van der Waals surface area contributed by atoms with Gasteiger partial charge < -0.3 is 14.8 Å². The van der Waals surface area contributed by atoms with E-state index in [9.17, 15) is 4.79 Å². The van der Waals surface area contributed by atoms with Gasteiger partial charge in [0.05, 0.1) is 29.6 Å². The zero-order valence-corrected chi connectivity index (χ0v) is 11.5. The Morgan fingerprint density at radius 3 is 3.00 bits per heavy atom. The van der Waals surface area contributed by atoms with E-state index in [0.717, 1.165) is 0 Å². The Labute approximate surface area is 113 Å². The third-order valence-corrected chi connectivity index (χ3v) is 2.88. The maximum absolute atomic E-state index is 11.4. The average Bonchev–Trinajstić information content (AvgIpc) is 2.30. The van der Waals surface area contributed by atoms with Gasteiger partial charge in [0.2, 0.25) is 5.91 Å². The monoisotopic (exact) mass is 322 g/mol. The van der Waals surface area contributed by atoms with Crippen LogP contribution in [0.4, 0.5) is 5.69 Å². The highest BCUT2D eigenvalue weighted by Crippen LogP contribution is 2.22. The quantitative estimate of drug-likeness (QED) is 0.643. The van der Waals surface area contributed by atoms with Crippen molar-refractivity contribution in [3.05, 3.63) is 21.9 Å². The summed E-state index contributed by atoms with van der Waals surface area (Å²) in [6.45, 7) is 0.817. The maximum atomic E-state index is 11.4. The molecule has 0 saturated heterocycles. The van der Waals surface area contributed by atoms with Gasteiger partial charge in [-0.15, -0.1) is 0 Å². The van der Waals surface area contributed by atoms with Crippen molar-refractivity contribution in [3.8, 4) is 0 Å². The van der Waals surface area contributed by atoms with Crippen LogP contribution in [0, 0.1) is 0 Å². The van der Waals surface area contributed by atoms with Gasteiger partial charge in [-0.3, -0.25) is 4.79 Å². The van der Waals surface area contributed by atoms with Gasteiger partial charge >= 0.3 is 0 Å². The van der Waals surface area contributed by atoms with Gasteiger partial charge in [-0.2, -0.15) is 0 Å². The minimum atomic E-state index is -0.253. The van der Waals surface area contributed by atoms with Gasteiger partial charge in [0.15, 0.2) is 0 Å². The van der Waals surface area contributed by atoms with Crippen molar-refractivity contribution in [2.24, 2.45) is 0 Å². The van der Waals surface area contributed by atoms with Gasteiger partial charge in [-0.1, -0.05) is 11.6 Å². The zero-order chi connectivity index (χ0) is 12.7. The molecule has 17 heavy (non-hydrogen) atoms. The minimum absolute atomic E-state index is 0.0242. The number of halogens is 2. The molecule has 7 heteroatoms. The minimum Gasteiger partial charge on any atom is -0.382 e. The molecular weight excluding hydrogens is 311 g/mol. The molecule has 1 N–H and O–H groups in total. The first-order valence-electron chi connectivity index (χ1n) is 4.81. The average molecular weight is 324 g/mol. The molecular formula is C10H12BrClN2O3. The van der Waals surface area contributed by atoms with Crippen LogP contribution < -0.4 is 5.32 Å². The van der Waals surface area contributed by atoms with Crippen molar-refractivity contribution in [1.29, 1.82) is 0 Å². The highest BCUT2D eigenvalue weighted by molar-refractivity contribution is 9.10. The number of nitrogens with zero attached hydrogens (tertiary/aromatic N) is 1. The topological polar surface area (TPSA) is 60.5 Å². The number of pyridine rings is 1. The number of hydrogen-bond donors (Lipinski definition) is 1. The molecule has 1 heterocycles. The van der Waals surface area contributed by atoms with Crippen LogP contribution in [0.3, 0.4) is 0 Å². The van der Waals surface area contributed by atoms with E-state index in [1.165, 1.54) is 6.20 Å². The Morgan fingerprint density at radius 2 is 2.35 bits per heavy atom. The van der Waals surface area contributed by atoms with Gasteiger partial charge in [0, 0.05) is 7.11 Å². The number of ether oxygens (including phenoxy) is 2. The normalized spacial score (nSPS) is 10.3. The molecule has 0 saturated carbocycles. The molecule has 0 bridgehead atoms. The summed E-state index contributed by atoms with van der Waals surface area (Å²) in [7, 11) is 1.57. The molecule has 1 rings (SSSR count). The molecule has 0 aliphatic rings. The third-order valence-electron chi connectivity index (χ3n) is 1.74. The van der Waals surface area contributed by atoms with Crippen LogP contribution in [0.2, 0.25) is 5.15 Å². The highest BCUT2D eigenvalue weighted by atomic mass is 79.9. The first-order chi connectivity index (χ1) is 8.13. The molecule has 1 aromatic heterocycles. The summed E-state index contributed by atoms with van der Waals surface area (Å²) < 4.78 is 10.5. The molecule has 94 valence electrons. The van der Waals surface area contributed by atoms with Crippen LogP contribution in [0.1, 0.15) is 0 Å². The predicted molar refractivity (Wildman–Crippen MR) is 68.3 cm³/mol. The lowest BCUT2D eigenvalue weighted by molar-refractivity contribution is -0.121. The summed E-state index contributed by atoms with van der Waals surface area (Å²) in [5, 5.41) is 2.98. The van der Waals surface area contributed by atoms with Gasteiger partial charge in [0.1, 0.15) is 11.8 Å². The Hall–Kier alpha value is -0.690. The smallest absolute Gasteiger partial charge is 0.250 e. The number of nitrogens with one attached hydrogen (secondary N) is 1. The van der Waals surface area contributed by atoms with Gasteiger partial charge in [-0.25, -0.2) is 4.98 Å². The van der Waals surface area contributed by atoms with E-state index in [-0.39, 0.29) is 12.5 Å². The molecule has 0 aromatic carbocycles. The lowest BCUT2D eigenvalue weighted by Crippen LogP contribution is -2.19. The van der Waals surface area contributed by atoms with E-state index in [1.807, 2.05) is 0 Å². The number of aromatic nitrogens is 1. The second-order valence-corrected chi connectivity index (χ2v) is 4.30. The summed E-state index contributed by atoms with van der Waals surface area (Å²) in [4.78, 5) is 15.3. The Balaban J connectivity index is 2.37. The van der Waals surface area contributed by atoms with E-state index in [2.05, 4.69) is 26.2 Å². The van der Waals surface area contributed by atoms with Crippen LogP contribution in [-0.4, -0.2) is 37.8 Å². The fraction of sp³-hybridized carbons (Fsp3) is 0.400. The van der Waals surface area contributed by atoms with Crippen LogP contribution in [0.15, 0.2) is 16.7 Å². The summed E-state index contributed by atoms with van der Waals surface area (Å²) in [5.41, 5.74) is 0.557. The number of hydrogen-bond acceptors (Lipinski definition) is 4. The van der Waals surface area contributed by atoms with E-state index in [4.69, 9.17) is 21.1 Å². The zero-order valence-electron chi connectivity index (χ0n) is 9.20. The lowest BCUT2D eigenvalue weighted by Gasteiger charge is -2.06. The fourth-order valence-electron chi connectivity index (χ4n) is 0.994. The molecule has 0 radical (unpaired) electrons. The number of amides is 1. The largest absolute Gasteiger partial charge is 0.382 e. The van der Waals surface area contributed by atoms with E-state index >= 15 is 0 Å². The number of rotatable bonds is 6. The second-order valence-electron chi connectivity index (χ2n) is 3.09. The first-order valence-corrected chi connectivity index (χ1v) is 5.98.